The lowest BCUT2D eigenvalue weighted by Gasteiger charge is -2.22. The first-order chi connectivity index (χ1) is 8.65. The van der Waals surface area contributed by atoms with Crippen LogP contribution in [0.2, 0.25) is 5.02 Å². The number of rotatable bonds is 1. The highest BCUT2D eigenvalue weighted by Gasteiger charge is 2.17. The van der Waals surface area contributed by atoms with Crippen LogP contribution >= 0.6 is 11.6 Å². The minimum absolute atomic E-state index is 0.333. The van der Waals surface area contributed by atoms with Gasteiger partial charge in [0.1, 0.15) is 11.3 Å². The van der Waals surface area contributed by atoms with E-state index in [1.807, 2.05) is 0 Å². The van der Waals surface area contributed by atoms with Crippen LogP contribution in [0.5, 0.6) is 0 Å². The molecule has 0 saturated carbocycles. The molecule has 0 spiro atoms. The van der Waals surface area contributed by atoms with Gasteiger partial charge in [-0.25, -0.2) is 4.39 Å². The molecule has 5 heteroatoms. The summed E-state index contributed by atoms with van der Waals surface area (Å²) in [5.41, 5.74) is 2.65. The Hall–Kier alpha value is -1.39. The maximum absolute atomic E-state index is 13.4. The molecule has 1 aliphatic heterocycles. The zero-order valence-electron chi connectivity index (χ0n) is 10.0. The Morgan fingerprint density at radius 1 is 1.44 bits per heavy atom. The molecule has 2 heterocycles. The van der Waals surface area contributed by atoms with Crippen molar-refractivity contribution in [2.24, 2.45) is 0 Å². The van der Waals surface area contributed by atoms with Crippen molar-refractivity contribution in [1.29, 1.82) is 0 Å². The molecule has 3 rings (SSSR count). The monoisotopic (exact) mass is 265 g/mol. The Balaban J connectivity index is 2.15. The Bertz CT molecular complexity index is 632. The van der Waals surface area contributed by atoms with Crippen LogP contribution in [-0.2, 0) is 0 Å². The molecule has 0 amide bonds. The van der Waals surface area contributed by atoms with Gasteiger partial charge < -0.3 is 4.90 Å². The van der Waals surface area contributed by atoms with Crippen LogP contribution in [0.3, 0.4) is 0 Å². The van der Waals surface area contributed by atoms with E-state index in [-0.39, 0.29) is 5.82 Å². The summed E-state index contributed by atoms with van der Waals surface area (Å²) in [7, 11) is 2.07. The van der Waals surface area contributed by atoms with Crippen LogP contribution in [-0.4, -0.2) is 35.2 Å². The predicted octanol–water partition coefficient (Wildman–Crippen LogP) is 3.07. The average Bonchev–Trinajstić information content (AvgIpc) is 2.72. The molecule has 1 aromatic heterocycles. The van der Waals surface area contributed by atoms with Crippen molar-refractivity contribution in [2.75, 3.05) is 20.1 Å². The second-order valence-electron chi connectivity index (χ2n) is 4.64. The third kappa shape index (κ3) is 1.91. The molecule has 2 aromatic rings. The Kier molecular flexibility index (Phi) is 2.84. The van der Waals surface area contributed by atoms with Crippen molar-refractivity contribution in [3.05, 3.63) is 34.7 Å². The zero-order valence-corrected chi connectivity index (χ0v) is 10.8. The first-order valence-corrected chi connectivity index (χ1v) is 6.24. The van der Waals surface area contributed by atoms with Crippen LogP contribution in [0.1, 0.15) is 12.1 Å². The fourth-order valence-electron chi connectivity index (χ4n) is 2.36. The molecule has 94 valence electrons. The van der Waals surface area contributed by atoms with Crippen molar-refractivity contribution in [3.8, 4) is 0 Å². The van der Waals surface area contributed by atoms with Gasteiger partial charge in [0, 0.05) is 18.5 Å². The second kappa shape index (κ2) is 4.37. The van der Waals surface area contributed by atoms with Crippen LogP contribution < -0.4 is 0 Å². The molecule has 0 aliphatic carbocycles. The summed E-state index contributed by atoms with van der Waals surface area (Å²) in [6, 6.07) is 2.77. The minimum atomic E-state index is -0.333. The van der Waals surface area contributed by atoms with E-state index in [2.05, 4.69) is 28.2 Å². The number of aromatic amines is 1. The van der Waals surface area contributed by atoms with E-state index in [0.717, 1.165) is 36.2 Å². The average molecular weight is 266 g/mol. The Labute approximate surface area is 109 Å². The highest BCUT2D eigenvalue weighted by atomic mass is 35.5. The largest absolute Gasteiger partial charge is 0.302 e. The van der Waals surface area contributed by atoms with E-state index < -0.39 is 0 Å². The molecular weight excluding hydrogens is 253 g/mol. The van der Waals surface area contributed by atoms with Crippen molar-refractivity contribution < 1.29 is 4.39 Å². The van der Waals surface area contributed by atoms with Crippen LogP contribution in [0.15, 0.2) is 18.2 Å². The minimum Gasteiger partial charge on any atom is -0.302 e. The highest BCUT2D eigenvalue weighted by molar-refractivity contribution is 6.35. The smallest absolute Gasteiger partial charge is 0.125 e. The van der Waals surface area contributed by atoms with E-state index in [4.69, 9.17) is 11.6 Å². The molecule has 0 atom stereocenters. The topological polar surface area (TPSA) is 31.9 Å². The van der Waals surface area contributed by atoms with Gasteiger partial charge in [-0.1, -0.05) is 17.7 Å². The third-order valence-corrected chi connectivity index (χ3v) is 3.53. The summed E-state index contributed by atoms with van der Waals surface area (Å²) in [6.07, 6.45) is 3.17. The van der Waals surface area contributed by atoms with Crippen molar-refractivity contribution >= 4 is 28.1 Å². The highest BCUT2D eigenvalue weighted by Crippen LogP contribution is 2.30. The number of fused-ring (bicyclic) bond motifs is 1. The van der Waals surface area contributed by atoms with Crippen molar-refractivity contribution in [1.82, 2.24) is 15.1 Å². The molecule has 3 nitrogen and oxygen atoms in total. The number of halogens is 2. The molecule has 0 saturated heterocycles. The Morgan fingerprint density at radius 3 is 3.06 bits per heavy atom. The molecule has 0 fully saturated rings. The fraction of sp³-hybridized carbons (Fsp3) is 0.308. The van der Waals surface area contributed by atoms with E-state index >= 15 is 0 Å². The number of H-pyrrole nitrogens is 1. The molecule has 0 bridgehead atoms. The third-order valence-electron chi connectivity index (χ3n) is 3.24. The number of hydrogen-bond acceptors (Lipinski definition) is 2. The number of hydrogen-bond donors (Lipinski definition) is 1. The van der Waals surface area contributed by atoms with E-state index in [1.165, 1.54) is 12.1 Å². The van der Waals surface area contributed by atoms with Gasteiger partial charge in [0.25, 0.3) is 0 Å². The maximum atomic E-state index is 13.4. The SMILES string of the molecule is CN1CCC=C(c2[nH]nc3c(Cl)cc(F)cc23)C1. The normalized spacial score (nSPS) is 17.2. The number of nitrogens with zero attached hydrogens (tertiary/aromatic N) is 2. The summed E-state index contributed by atoms with van der Waals surface area (Å²) in [6.45, 7) is 1.89. The summed E-state index contributed by atoms with van der Waals surface area (Å²) in [4.78, 5) is 2.23. The fourth-order valence-corrected chi connectivity index (χ4v) is 2.61. The van der Waals surface area contributed by atoms with Gasteiger partial charge in [0.15, 0.2) is 0 Å². The van der Waals surface area contributed by atoms with Crippen LogP contribution in [0.25, 0.3) is 16.5 Å². The lowest BCUT2D eigenvalue weighted by molar-refractivity contribution is 0.372. The van der Waals surface area contributed by atoms with E-state index in [9.17, 15) is 4.39 Å². The van der Waals surface area contributed by atoms with Crippen LogP contribution in [0.4, 0.5) is 4.39 Å². The number of nitrogens with one attached hydrogen (secondary N) is 1. The second-order valence-corrected chi connectivity index (χ2v) is 5.05. The predicted molar refractivity (Wildman–Crippen MR) is 71.2 cm³/mol. The molecule has 1 aromatic carbocycles. The molecule has 1 N–H and O–H groups in total. The van der Waals surface area contributed by atoms with Gasteiger partial charge >= 0.3 is 0 Å². The summed E-state index contributed by atoms with van der Waals surface area (Å²) < 4.78 is 13.4. The van der Waals surface area contributed by atoms with Gasteiger partial charge in [-0.3, -0.25) is 5.10 Å². The summed E-state index contributed by atoms with van der Waals surface area (Å²) >= 11 is 5.99. The summed E-state index contributed by atoms with van der Waals surface area (Å²) in [5, 5.41) is 8.25. The first kappa shape index (κ1) is 11.7. The lowest BCUT2D eigenvalue weighted by Crippen LogP contribution is -2.25. The number of aromatic nitrogens is 2. The van der Waals surface area contributed by atoms with Gasteiger partial charge in [0.05, 0.1) is 10.7 Å². The van der Waals surface area contributed by atoms with Gasteiger partial charge in [-0.15, -0.1) is 0 Å². The van der Waals surface area contributed by atoms with Crippen molar-refractivity contribution in [3.63, 3.8) is 0 Å². The first-order valence-electron chi connectivity index (χ1n) is 5.86. The molecular formula is C13H13ClFN3. The standard InChI is InChI=1S/C13H13ClFN3/c1-18-4-2-3-8(7-18)12-10-5-9(15)6-11(14)13(10)17-16-12/h3,5-6H,2,4,7H2,1H3,(H,16,17). The van der Waals surface area contributed by atoms with E-state index in [1.54, 1.807) is 0 Å². The number of likely N-dealkylation sites (N-methyl/N-ethyl adjacent to an activating group) is 1. The molecule has 0 radical (unpaired) electrons. The van der Waals surface area contributed by atoms with Crippen molar-refractivity contribution in [2.45, 2.75) is 6.42 Å². The van der Waals surface area contributed by atoms with E-state index in [0.29, 0.717) is 10.5 Å². The quantitative estimate of drug-likeness (QED) is 0.859. The van der Waals surface area contributed by atoms with Gasteiger partial charge in [0.2, 0.25) is 0 Å². The van der Waals surface area contributed by atoms with Gasteiger partial charge in [-0.05, 0) is 31.2 Å². The molecule has 18 heavy (non-hydrogen) atoms. The number of benzene rings is 1. The zero-order chi connectivity index (χ0) is 12.7. The molecule has 0 unspecified atom stereocenters. The maximum Gasteiger partial charge on any atom is 0.125 e. The summed E-state index contributed by atoms with van der Waals surface area (Å²) in [5.74, 6) is -0.333. The molecule has 1 aliphatic rings. The van der Waals surface area contributed by atoms with Gasteiger partial charge in [-0.2, -0.15) is 5.10 Å². The Morgan fingerprint density at radius 2 is 2.28 bits per heavy atom. The van der Waals surface area contributed by atoms with Crippen LogP contribution in [0, 0.1) is 5.82 Å². The lowest BCUT2D eigenvalue weighted by atomic mass is 10.0.